The van der Waals surface area contributed by atoms with Gasteiger partial charge in [0.1, 0.15) is 0 Å². The first-order valence-corrected chi connectivity index (χ1v) is 6.77. The van der Waals surface area contributed by atoms with Gasteiger partial charge in [-0.1, -0.05) is 13.0 Å². The van der Waals surface area contributed by atoms with Crippen LogP contribution in [0, 0.1) is 20.8 Å². The van der Waals surface area contributed by atoms with Crippen molar-refractivity contribution in [3.8, 4) is 5.82 Å². The number of nitrogens with one attached hydrogen (secondary N) is 1. The molecule has 19 heavy (non-hydrogen) atoms. The summed E-state index contributed by atoms with van der Waals surface area (Å²) >= 11 is 0. The standard InChI is InChI=1S/C15H22N4/c1-6-16-12(4)14-8-7-9-17-15(14)19-13(5)10(2)11(3)18-19/h7-9,12,16H,6H2,1-5H3. The number of nitrogens with zero attached hydrogens (tertiary/aromatic N) is 3. The molecular formula is C15H22N4. The van der Waals surface area contributed by atoms with Gasteiger partial charge in [-0.05, 0) is 45.9 Å². The van der Waals surface area contributed by atoms with Crippen molar-refractivity contribution in [2.75, 3.05) is 6.54 Å². The number of aromatic nitrogens is 3. The molecule has 1 unspecified atom stereocenters. The van der Waals surface area contributed by atoms with E-state index in [1.165, 1.54) is 11.1 Å². The Bertz CT molecular complexity index is 572. The molecule has 1 N–H and O–H groups in total. The van der Waals surface area contributed by atoms with Gasteiger partial charge in [0.15, 0.2) is 5.82 Å². The van der Waals surface area contributed by atoms with Gasteiger partial charge in [0.25, 0.3) is 0 Å². The molecule has 0 aliphatic rings. The molecule has 0 aliphatic carbocycles. The maximum absolute atomic E-state index is 4.61. The fourth-order valence-electron chi connectivity index (χ4n) is 2.27. The Kier molecular flexibility index (Phi) is 4.00. The summed E-state index contributed by atoms with van der Waals surface area (Å²) in [6.45, 7) is 11.4. The van der Waals surface area contributed by atoms with Crippen molar-refractivity contribution < 1.29 is 0 Å². The molecule has 1 atom stereocenters. The predicted molar refractivity (Wildman–Crippen MR) is 77.7 cm³/mol. The number of rotatable bonds is 4. The van der Waals surface area contributed by atoms with Crippen molar-refractivity contribution in [2.24, 2.45) is 0 Å². The second-order valence-corrected chi connectivity index (χ2v) is 4.90. The first-order chi connectivity index (χ1) is 9.06. The monoisotopic (exact) mass is 258 g/mol. The Morgan fingerprint density at radius 2 is 2.05 bits per heavy atom. The lowest BCUT2D eigenvalue weighted by atomic mass is 10.1. The molecule has 0 aromatic carbocycles. The predicted octanol–water partition coefficient (Wildman–Crippen LogP) is 2.86. The minimum absolute atomic E-state index is 0.262. The zero-order chi connectivity index (χ0) is 14.0. The summed E-state index contributed by atoms with van der Waals surface area (Å²) in [7, 11) is 0. The van der Waals surface area contributed by atoms with Gasteiger partial charge in [-0.15, -0.1) is 0 Å². The molecular weight excluding hydrogens is 236 g/mol. The maximum atomic E-state index is 4.61. The van der Waals surface area contributed by atoms with Crippen LogP contribution < -0.4 is 5.32 Å². The molecule has 0 saturated heterocycles. The topological polar surface area (TPSA) is 42.7 Å². The smallest absolute Gasteiger partial charge is 0.158 e. The first-order valence-electron chi connectivity index (χ1n) is 6.77. The van der Waals surface area contributed by atoms with Crippen molar-refractivity contribution >= 4 is 0 Å². The average Bonchev–Trinajstić information content (AvgIpc) is 2.67. The highest BCUT2D eigenvalue weighted by molar-refractivity contribution is 5.39. The van der Waals surface area contributed by atoms with Crippen LogP contribution in [-0.2, 0) is 0 Å². The first kappa shape index (κ1) is 13.7. The summed E-state index contributed by atoms with van der Waals surface area (Å²) in [4.78, 5) is 4.53. The van der Waals surface area contributed by atoms with Crippen LogP contribution in [0.1, 0.15) is 42.4 Å². The molecule has 2 rings (SSSR count). The Morgan fingerprint density at radius 1 is 1.32 bits per heavy atom. The van der Waals surface area contributed by atoms with Gasteiger partial charge >= 0.3 is 0 Å². The summed E-state index contributed by atoms with van der Waals surface area (Å²) in [5.74, 6) is 0.921. The quantitative estimate of drug-likeness (QED) is 0.917. The normalized spacial score (nSPS) is 12.7. The fraction of sp³-hybridized carbons (Fsp3) is 0.467. The molecule has 4 heteroatoms. The van der Waals surface area contributed by atoms with E-state index in [4.69, 9.17) is 0 Å². The van der Waals surface area contributed by atoms with E-state index in [1.807, 2.05) is 23.9 Å². The Balaban J connectivity index is 2.53. The lowest BCUT2D eigenvalue weighted by Crippen LogP contribution is -2.20. The van der Waals surface area contributed by atoms with Crippen LogP contribution in [0.4, 0.5) is 0 Å². The van der Waals surface area contributed by atoms with Gasteiger partial charge in [0, 0.05) is 23.5 Å². The van der Waals surface area contributed by atoms with Crippen molar-refractivity contribution in [1.29, 1.82) is 0 Å². The highest BCUT2D eigenvalue weighted by atomic mass is 15.3. The van der Waals surface area contributed by atoms with Gasteiger partial charge in [-0.25, -0.2) is 9.67 Å². The van der Waals surface area contributed by atoms with Crippen LogP contribution in [0.2, 0.25) is 0 Å². The average molecular weight is 258 g/mol. The van der Waals surface area contributed by atoms with Crippen LogP contribution in [0.15, 0.2) is 18.3 Å². The third-order valence-corrected chi connectivity index (χ3v) is 3.65. The summed E-state index contributed by atoms with van der Waals surface area (Å²) < 4.78 is 1.95. The molecule has 0 bridgehead atoms. The van der Waals surface area contributed by atoms with E-state index in [0.717, 1.165) is 23.8 Å². The van der Waals surface area contributed by atoms with Crippen LogP contribution in [-0.4, -0.2) is 21.3 Å². The minimum atomic E-state index is 0.262. The van der Waals surface area contributed by atoms with Gasteiger partial charge in [0.05, 0.1) is 5.69 Å². The number of aryl methyl sites for hydroxylation is 1. The number of hydrogen-bond donors (Lipinski definition) is 1. The Hall–Kier alpha value is -1.68. The lowest BCUT2D eigenvalue weighted by molar-refractivity contribution is 0.588. The van der Waals surface area contributed by atoms with E-state index in [0.29, 0.717) is 0 Å². The fourth-order valence-corrected chi connectivity index (χ4v) is 2.27. The molecule has 4 nitrogen and oxygen atoms in total. The van der Waals surface area contributed by atoms with Crippen molar-refractivity contribution in [1.82, 2.24) is 20.1 Å². The van der Waals surface area contributed by atoms with Crippen LogP contribution >= 0.6 is 0 Å². The highest BCUT2D eigenvalue weighted by Gasteiger charge is 2.16. The highest BCUT2D eigenvalue weighted by Crippen LogP contribution is 2.22. The van der Waals surface area contributed by atoms with Crippen LogP contribution in [0.3, 0.4) is 0 Å². The van der Waals surface area contributed by atoms with E-state index in [9.17, 15) is 0 Å². The van der Waals surface area contributed by atoms with Gasteiger partial charge in [0.2, 0.25) is 0 Å². The number of hydrogen-bond acceptors (Lipinski definition) is 3. The Morgan fingerprint density at radius 3 is 2.63 bits per heavy atom. The summed E-state index contributed by atoms with van der Waals surface area (Å²) in [5, 5.41) is 8.04. The van der Waals surface area contributed by atoms with E-state index in [1.54, 1.807) is 0 Å². The van der Waals surface area contributed by atoms with Crippen molar-refractivity contribution in [2.45, 2.75) is 40.7 Å². The van der Waals surface area contributed by atoms with Gasteiger partial charge in [-0.2, -0.15) is 5.10 Å². The second kappa shape index (κ2) is 5.53. The molecule has 0 radical (unpaired) electrons. The van der Waals surface area contributed by atoms with Gasteiger partial charge < -0.3 is 5.32 Å². The third-order valence-electron chi connectivity index (χ3n) is 3.65. The summed E-state index contributed by atoms with van der Waals surface area (Å²) in [6, 6.07) is 4.35. The lowest BCUT2D eigenvalue weighted by Gasteiger charge is -2.16. The van der Waals surface area contributed by atoms with Crippen LogP contribution in [0.25, 0.3) is 5.82 Å². The largest absolute Gasteiger partial charge is 0.310 e. The molecule has 102 valence electrons. The second-order valence-electron chi connectivity index (χ2n) is 4.90. The molecule has 2 aromatic heterocycles. The summed E-state index contributed by atoms with van der Waals surface area (Å²) in [6.07, 6.45) is 1.82. The van der Waals surface area contributed by atoms with E-state index in [-0.39, 0.29) is 6.04 Å². The Labute approximate surface area is 114 Å². The molecule has 0 saturated carbocycles. The number of pyridine rings is 1. The summed E-state index contributed by atoms with van der Waals surface area (Å²) in [5.41, 5.74) is 4.62. The molecule has 0 spiro atoms. The molecule has 2 heterocycles. The minimum Gasteiger partial charge on any atom is -0.310 e. The van der Waals surface area contributed by atoms with E-state index < -0.39 is 0 Å². The van der Waals surface area contributed by atoms with Crippen molar-refractivity contribution in [3.05, 3.63) is 40.8 Å². The molecule has 0 fully saturated rings. The van der Waals surface area contributed by atoms with E-state index >= 15 is 0 Å². The van der Waals surface area contributed by atoms with Gasteiger partial charge in [-0.3, -0.25) is 0 Å². The van der Waals surface area contributed by atoms with Crippen molar-refractivity contribution in [3.63, 3.8) is 0 Å². The van der Waals surface area contributed by atoms with Crippen LogP contribution in [0.5, 0.6) is 0 Å². The third kappa shape index (κ3) is 2.54. The zero-order valence-corrected chi connectivity index (χ0v) is 12.4. The molecule has 0 amide bonds. The molecule has 2 aromatic rings. The maximum Gasteiger partial charge on any atom is 0.158 e. The van der Waals surface area contributed by atoms with E-state index in [2.05, 4.69) is 49.2 Å². The SMILES string of the molecule is CCNC(C)c1cccnc1-n1nc(C)c(C)c1C. The zero-order valence-electron chi connectivity index (χ0n) is 12.4. The molecule has 0 aliphatic heterocycles.